The minimum absolute atomic E-state index is 0.0936. The Morgan fingerprint density at radius 1 is 1.37 bits per heavy atom. The summed E-state index contributed by atoms with van der Waals surface area (Å²) in [6, 6.07) is 3.50. The van der Waals surface area contributed by atoms with Gasteiger partial charge in [-0.3, -0.25) is 0 Å². The number of hydrogen-bond acceptors (Lipinski definition) is 5. The normalized spacial score (nSPS) is 11.9. The van der Waals surface area contributed by atoms with Crippen molar-refractivity contribution in [1.29, 1.82) is 0 Å². The Bertz CT molecular complexity index is 670. The third-order valence-corrected chi connectivity index (χ3v) is 5.48. The number of aryl methyl sites for hydroxylation is 2. The number of rotatable bonds is 5. The van der Waals surface area contributed by atoms with Crippen molar-refractivity contribution in [1.82, 2.24) is 4.72 Å². The summed E-state index contributed by atoms with van der Waals surface area (Å²) in [4.78, 5) is 0.615. The van der Waals surface area contributed by atoms with Gasteiger partial charge in [0.25, 0.3) is 0 Å². The molecule has 0 unspecified atom stereocenters. The Kier molecular flexibility index (Phi) is 4.10. The fourth-order valence-electron chi connectivity index (χ4n) is 1.78. The van der Waals surface area contributed by atoms with Crippen molar-refractivity contribution >= 4 is 21.4 Å². The molecule has 0 amide bonds. The molecule has 0 aromatic carbocycles. The Labute approximate surface area is 115 Å². The van der Waals surface area contributed by atoms with E-state index in [0.717, 1.165) is 5.76 Å². The zero-order valence-corrected chi connectivity index (χ0v) is 12.3. The summed E-state index contributed by atoms with van der Waals surface area (Å²) in [5, 5.41) is 10.9. The lowest BCUT2D eigenvalue weighted by Crippen LogP contribution is -2.24. The van der Waals surface area contributed by atoms with E-state index in [1.807, 2.05) is 0 Å². The van der Waals surface area contributed by atoms with Crippen LogP contribution in [0.3, 0.4) is 0 Å². The fourth-order valence-corrected chi connectivity index (χ4v) is 4.43. The molecule has 0 atom stereocenters. The van der Waals surface area contributed by atoms with Crippen molar-refractivity contribution in [2.75, 3.05) is 0 Å². The first-order chi connectivity index (χ1) is 8.94. The molecule has 7 heteroatoms. The highest BCUT2D eigenvalue weighted by atomic mass is 32.2. The Morgan fingerprint density at radius 2 is 2.11 bits per heavy atom. The molecule has 0 aliphatic carbocycles. The zero-order chi connectivity index (χ0) is 14.0. The van der Waals surface area contributed by atoms with Crippen LogP contribution in [0, 0.1) is 13.8 Å². The molecule has 2 heterocycles. The number of thiophene rings is 1. The maximum Gasteiger partial charge on any atom is 0.242 e. The lowest BCUT2D eigenvalue weighted by molar-refractivity contribution is 0.282. The minimum Gasteiger partial charge on any atom is -0.465 e. The number of aliphatic hydroxyl groups is 1. The lowest BCUT2D eigenvalue weighted by atomic mass is 10.3. The molecule has 0 spiro atoms. The van der Waals surface area contributed by atoms with Gasteiger partial charge in [-0.25, -0.2) is 13.1 Å². The first kappa shape index (κ1) is 14.3. The van der Waals surface area contributed by atoms with E-state index in [0.29, 0.717) is 16.2 Å². The molecule has 104 valence electrons. The van der Waals surface area contributed by atoms with Crippen LogP contribution >= 0.6 is 11.3 Å². The van der Waals surface area contributed by atoms with Crippen LogP contribution in [0.25, 0.3) is 0 Å². The van der Waals surface area contributed by atoms with Gasteiger partial charge in [0.15, 0.2) is 0 Å². The molecule has 2 N–H and O–H groups in total. The highest BCUT2D eigenvalue weighted by molar-refractivity contribution is 7.89. The van der Waals surface area contributed by atoms with Crippen molar-refractivity contribution in [2.45, 2.75) is 31.9 Å². The molecular formula is C12H15NO4S2. The maximum absolute atomic E-state index is 12.2. The quantitative estimate of drug-likeness (QED) is 0.884. The van der Waals surface area contributed by atoms with Gasteiger partial charge in [0.1, 0.15) is 16.4 Å². The Hall–Kier alpha value is -1.15. The molecule has 0 fully saturated rings. The van der Waals surface area contributed by atoms with E-state index in [1.165, 1.54) is 11.3 Å². The molecule has 2 rings (SSSR count). The molecule has 19 heavy (non-hydrogen) atoms. The van der Waals surface area contributed by atoms with Gasteiger partial charge in [-0.05, 0) is 36.9 Å². The third-order valence-electron chi connectivity index (χ3n) is 2.63. The van der Waals surface area contributed by atoms with Crippen molar-refractivity contribution < 1.29 is 17.9 Å². The van der Waals surface area contributed by atoms with Crippen molar-refractivity contribution in [3.05, 3.63) is 39.5 Å². The Balaban J connectivity index is 2.20. The fraction of sp³-hybridized carbons (Fsp3) is 0.333. The van der Waals surface area contributed by atoms with Crippen LogP contribution in [0.4, 0.5) is 0 Å². The number of aliphatic hydroxyl groups excluding tert-OH is 1. The Morgan fingerprint density at radius 3 is 2.68 bits per heavy atom. The smallest absolute Gasteiger partial charge is 0.242 e. The van der Waals surface area contributed by atoms with Gasteiger partial charge < -0.3 is 9.52 Å². The van der Waals surface area contributed by atoms with Crippen molar-refractivity contribution in [3.63, 3.8) is 0 Å². The number of sulfonamides is 1. The van der Waals surface area contributed by atoms with Crippen molar-refractivity contribution in [2.24, 2.45) is 0 Å². The maximum atomic E-state index is 12.2. The molecule has 2 aromatic rings. The molecule has 5 nitrogen and oxygen atoms in total. The first-order valence-corrected chi connectivity index (χ1v) is 8.03. The molecule has 0 saturated carbocycles. The number of hydrogen-bond donors (Lipinski definition) is 2. The van der Waals surface area contributed by atoms with E-state index in [9.17, 15) is 13.5 Å². The lowest BCUT2D eigenvalue weighted by Gasteiger charge is -2.07. The van der Waals surface area contributed by atoms with Gasteiger partial charge in [0.05, 0.1) is 18.0 Å². The van der Waals surface area contributed by atoms with E-state index >= 15 is 0 Å². The topological polar surface area (TPSA) is 79.5 Å². The largest absolute Gasteiger partial charge is 0.465 e. The molecule has 0 radical (unpaired) electrons. The van der Waals surface area contributed by atoms with Crippen LogP contribution in [0.1, 0.15) is 22.0 Å². The average Bonchev–Trinajstić information content (AvgIpc) is 2.93. The first-order valence-electron chi connectivity index (χ1n) is 5.67. The van der Waals surface area contributed by atoms with E-state index in [1.54, 1.807) is 31.4 Å². The second-order valence-electron chi connectivity index (χ2n) is 4.17. The van der Waals surface area contributed by atoms with E-state index in [-0.39, 0.29) is 18.0 Å². The standard InChI is InChI=1S/C12H15NO4S2/c1-8-7-18-11(6-14)12(8)19(15,16)13-5-10-4-3-9(2)17-10/h3-4,7,13-14H,5-6H2,1-2H3. The summed E-state index contributed by atoms with van der Waals surface area (Å²) in [7, 11) is -3.64. The van der Waals surface area contributed by atoms with Crippen LogP contribution in [-0.2, 0) is 23.2 Å². The molecule has 2 aromatic heterocycles. The third kappa shape index (κ3) is 3.06. The van der Waals surface area contributed by atoms with Gasteiger partial charge >= 0.3 is 0 Å². The van der Waals surface area contributed by atoms with Crippen LogP contribution in [-0.4, -0.2) is 13.5 Å². The van der Waals surface area contributed by atoms with Gasteiger partial charge in [-0.15, -0.1) is 11.3 Å². The van der Waals surface area contributed by atoms with E-state index < -0.39 is 10.0 Å². The van der Waals surface area contributed by atoms with Crippen molar-refractivity contribution in [3.8, 4) is 0 Å². The predicted molar refractivity (Wildman–Crippen MR) is 72.4 cm³/mol. The second kappa shape index (κ2) is 5.46. The van der Waals surface area contributed by atoms with Crippen LogP contribution in [0.5, 0.6) is 0 Å². The minimum atomic E-state index is -3.64. The van der Waals surface area contributed by atoms with Gasteiger partial charge in [-0.1, -0.05) is 0 Å². The summed E-state index contributed by atoms with van der Waals surface area (Å²) >= 11 is 1.24. The zero-order valence-electron chi connectivity index (χ0n) is 10.6. The van der Waals surface area contributed by atoms with E-state index in [2.05, 4.69) is 4.72 Å². The highest BCUT2D eigenvalue weighted by Gasteiger charge is 2.22. The monoisotopic (exact) mass is 301 g/mol. The van der Waals surface area contributed by atoms with Gasteiger partial charge in [0, 0.05) is 0 Å². The number of furan rings is 1. The van der Waals surface area contributed by atoms with Crippen LogP contribution in [0.2, 0.25) is 0 Å². The second-order valence-corrected chi connectivity index (χ2v) is 6.83. The van der Waals surface area contributed by atoms with Crippen LogP contribution in [0.15, 0.2) is 26.8 Å². The van der Waals surface area contributed by atoms with Gasteiger partial charge in [0.2, 0.25) is 10.0 Å². The molecule has 0 saturated heterocycles. The molecular weight excluding hydrogens is 286 g/mol. The summed E-state index contributed by atoms with van der Waals surface area (Å²) in [6.45, 7) is 3.32. The molecule has 0 aliphatic heterocycles. The number of nitrogens with one attached hydrogen (secondary N) is 1. The summed E-state index contributed by atoms with van der Waals surface area (Å²) in [5.74, 6) is 1.29. The predicted octanol–water partition coefficient (Wildman–Crippen LogP) is 1.93. The van der Waals surface area contributed by atoms with Gasteiger partial charge in [-0.2, -0.15) is 0 Å². The average molecular weight is 301 g/mol. The van der Waals surface area contributed by atoms with Crippen LogP contribution < -0.4 is 4.72 Å². The molecule has 0 bridgehead atoms. The summed E-state index contributed by atoms with van der Waals surface area (Å²) < 4.78 is 32.2. The summed E-state index contributed by atoms with van der Waals surface area (Å²) in [5.41, 5.74) is 0.636. The SMILES string of the molecule is Cc1ccc(CNS(=O)(=O)c2c(C)csc2CO)o1. The van der Waals surface area contributed by atoms with E-state index in [4.69, 9.17) is 4.42 Å². The highest BCUT2D eigenvalue weighted by Crippen LogP contribution is 2.26. The summed E-state index contributed by atoms with van der Waals surface area (Å²) in [6.07, 6.45) is 0. The molecule has 0 aliphatic rings.